The molecular weight excluding hydrogens is 450 g/mol. The summed E-state index contributed by atoms with van der Waals surface area (Å²) < 4.78 is 9.92. The average Bonchev–Trinajstić information content (AvgIpc) is 2.77. The van der Waals surface area contributed by atoms with Crippen molar-refractivity contribution in [3.05, 3.63) is 35.4 Å². The summed E-state index contributed by atoms with van der Waals surface area (Å²) in [4.78, 5) is 52.3. The average molecular weight is 492 g/mol. The number of benzene rings is 1. The van der Waals surface area contributed by atoms with E-state index in [0.29, 0.717) is 18.5 Å². The van der Waals surface area contributed by atoms with Gasteiger partial charge in [-0.15, -0.1) is 0 Å². The molecule has 0 aliphatic carbocycles. The lowest BCUT2D eigenvalue weighted by Gasteiger charge is -2.33. The van der Waals surface area contributed by atoms with Crippen LogP contribution in [0.15, 0.2) is 24.3 Å². The highest BCUT2D eigenvalue weighted by atomic mass is 16.6. The van der Waals surface area contributed by atoms with E-state index in [4.69, 9.17) is 4.74 Å². The van der Waals surface area contributed by atoms with Gasteiger partial charge in [-0.3, -0.25) is 14.4 Å². The molecule has 1 rings (SSSR count). The Morgan fingerprint density at radius 2 is 1.77 bits per heavy atom. The highest BCUT2D eigenvalue weighted by molar-refractivity contribution is 5.93. The molecule has 0 spiro atoms. The van der Waals surface area contributed by atoms with Crippen molar-refractivity contribution in [3.8, 4) is 0 Å². The van der Waals surface area contributed by atoms with Gasteiger partial charge >= 0.3 is 12.1 Å². The molecule has 0 aromatic heterocycles. The standard InChI is InChI=1S/C26H41N3O6/c1-8-9-10-11-15-29(24(32)19(3)28-25(33)35-26(4,5)6)22(20-14-12-13-18(2)16-20)23(31)27-17-21(30)34-7/h12-14,16,19,22H,8-11,15,17H2,1-7H3,(H,27,31)(H,28,33). The van der Waals surface area contributed by atoms with Gasteiger partial charge in [-0.1, -0.05) is 56.0 Å². The van der Waals surface area contributed by atoms with Gasteiger partial charge in [-0.2, -0.15) is 0 Å². The van der Waals surface area contributed by atoms with Gasteiger partial charge in [-0.25, -0.2) is 4.79 Å². The molecule has 35 heavy (non-hydrogen) atoms. The Labute approximate surface area is 208 Å². The van der Waals surface area contributed by atoms with E-state index in [1.165, 1.54) is 12.0 Å². The fraction of sp³-hybridized carbons (Fsp3) is 0.615. The predicted octanol–water partition coefficient (Wildman–Crippen LogP) is 3.65. The molecule has 9 heteroatoms. The van der Waals surface area contributed by atoms with Crippen molar-refractivity contribution in [3.63, 3.8) is 0 Å². The number of alkyl carbamates (subject to hydrolysis) is 1. The van der Waals surface area contributed by atoms with Crippen LogP contribution in [0.4, 0.5) is 4.79 Å². The maximum atomic E-state index is 13.6. The second-order valence-corrected chi connectivity index (χ2v) is 9.57. The first kappa shape index (κ1) is 29.9. The molecule has 2 unspecified atom stereocenters. The smallest absolute Gasteiger partial charge is 0.408 e. The van der Waals surface area contributed by atoms with Crippen molar-refractivity contribution < 1.29 is 28.7 Å². The first-order valence-corrected chi connectivity index (χ1v) is 12.1. The van der Waals surface area contributed by atoms with Crippen molar-refractivity contribution in [2.24, 2.45) is 0 Å². The lowest BCUT2D eigenvalue weighted by molar-refractivity contribution is -0.144. The Bertz CT molecular complexity index is 865. The number of unbranched alkanes of at least 4 members (excludes halogenated alkanes) is 3. The Morgan fingerprint density at radius 1 is 1.09 bits per heavy atom. The second-order valence-electron chi connectivity index (χ2n) is 9.57. The fourth-order valence-electron chi connectivity index (χ4n) is 3.51. The van der Waals surface area contributed by atoms with E-state index >= 15 is 0 Å². The largest absolute Gasteiger partial charge is 0.468 e. The molecular formula is C26H41N3O6. The minimum atomic E-state index is -0.989. The third kappa shape index (κ3) is 10.8. The summed E-state index contributed by atoms with van der Waals surface area (Å²) in [6, 6.07) is 5.39. The molecule has 1 aromatic rings. The molecule has 2 atom stereocenters. The van der Waals surface area contributed by atoms with Crippen molar-refractivity contribution >= 4 is 23.9 Å². The Kier molecular flexibility index (Phi) is 12.3. The molecule has 0 radical (unpaired) electrons. The van der Waals surface area contributed by atoms with Crippen molar-refractivity contribution in [1.82, 2.24) is 15.5 Å². The van der Waals surface area contributed by atoms with Gasteiger partial charge in [0.1, 0.15) is 24.2 Å². The summed E-state index contributed by atoms with van der Waals surface area (Å²) in [5.74, 6) is -1.52. The van der Waals surface area contributed by atoms with Crippen LogP contribution in [0.5, 0.6) is 0 Å². The number of amides is 3. The van der Waals surface area contributed by atoms with E-state index in [-0.39, 0.29) is 6.54 Å². The van der Waals surface area contributed by atoms with Crippen LogP contribution in [0, 0.1) is 6.92 Å². The number of aryl methyl sites for hydroxylation is 1. The fourth-order valence-corrected chi connectivity index (χ4v) is 3.51. The van der Waals surface area contributed by atoms with Gasteiger partial charge in [0.2, 0.25) is 11.8 Å². The summed E-state index contributed by atoms with van der Waals surface area (Å²) in [5, 5.41) is 5.16. The van der Waals surface area contributed by atoms with Gasteiger partial charge in [-0.05, 0) is 46.6 Å². The summed E-state index contributed by atoms with van der Waals surface area (Å²) in [5.41, 5.74) is 0.817. The number of methoxy groups -OCH3 is 1. The molecule has 0 heterocycles. The maximum absolute atomic E-state index is 13.6. The first-order valence-electron chi connectivity index (χ1n) is 12.1. The predicted molar refractivity (Wildman–Crippen MR) is 134 cm³/mol. The molecule has 2 N–H and O–H groups in total. The molecule has 1 aromatic carbocycles. The number of ether oxygens (including phenoxy) is 2. The van der Waals surface area contributed by atoms with Crippen LogP contribution < -0.4 is 10.6 Å². The molecule has 0 aliphatic heterocycles. The second kappa shape index (κ2) is 14.3. The summed E-state index contributed by atoms with van der Waals surface area (Å²) in [7, 11) is 1.24. The molecule has 9 nitrogen and oxygen atoms in total. The van der Waals surface area contributed by atoms with Gasteiger partial charge in [0, 0.05) is 6.54 Å². The van der Waals surface area contributed by atoms with E-state index < -0.39 is 41.6 Å². The highest BCUT2D eigenvalue weighted by Gasteiger charge is 2.34. The molecule has 3 amide bonds. The number of hydrogen-bond donors (Lipinski definition) is 2. The topological polar surface area (TPSA) is 114 Å². The zero-order chi connectivity index (χ0) is 26.6. The number of carbonyl (C=O) groups is 4. The van der Waals surface area contributed by atoms with Crippen LogP contribution in [0.3, 0.4) is 0 Å². The van der Waals surface area contributed by atoms with E-state index in [0.717, 1.165) is 24.8 Å². The van der Waals surface area contributed by atoms with E-state index in [1.807, 2.05) is 25.1 Å². The van der Waals surface area contributed by atoms with Crippen molar-refractivity contribution in [1.29, 1.82) is 0 Å². The monoisotopic (exact) mass is 491 g/mol. The van der Waals surface area contributed by atoms with Gasteiger partial charge < -0.3 is 25.0 Å². The molecule has 0 saturated carbocycles. The van der Waals surface area contributed by atoms with E-state index in [1.54, 1.807) is 33.8 Å². The van der Waals surface area contributed by atoms with Crippen LogP contribution in [-0.2, 0) is 23.9 Å². The van der Waals surface area contributed by atoms with E-state index in [2.05, 4.69) is 22.3 Å². The zero-order valence-corrected chi connectivity index (χ0v) is 22.1. The zero-order valence-electron chi connectivity index (χ0n) is 22.1. The van der Waals surface area contributed by atoms with Crippen LogP contribution in [-0.4, -0.2) is 60.6 Å². The molecule has 0 bridgehead atoms. The molecule has 0 saturated heterocycles. The summed E-state index contributed by atoms with van der Waals surface area (Å²) in [6.07, 6.45) is 2.87. The Balaban J connectivity index is 3.29. The first-order chi connectivity index (χ1) is 16.4. The van der Waals surface area contributed by atoms with Gasteiger partial charge in [0.25, 0.3) is 0 Å². The lowest BCUT2D eigenvalue weighted by Crippen LogP contribution is -2.52. The maximum Gasteiger partial charge on any atom is 0.408 e. The minimum absolute atomic E-state index is 0.309. The highest BCUT2D eigenvalue weighted by Crippen LogP contribution is 2.24. The minimum Gasteiger partial charge on any atom is -0.468 e. The Morgan fingerprint density at radius 3 is 2.34 bits per heavy atom. The van der Waals surface area contributed by atoms with Crippen LogP contribution >= 0.6 is 0 Å². The number of nitrogens with zero attached hydrogens (tertiary/aromatic N) is 1. The third-order valence-corrected chi connectivity index (χ3v) is 5.19. The summed E-state index contributed by atoms with van der Waals surface area (Å²) in [6.45, 7) is 10.7. The normalized spacial score (nSPS) is 12.8. The molecule has 0 aliphatic rings. The number of carbonyl (C=O) groups excluding carboxylic acids is 4. The van der Waals surface area contributed by atoms with Crippen LogP contribution in [0.25, 0.3) is 0 Å². The van der Waals surface area contributed by atoms with Crippen molar-refractivity contribution in [2.45, 2.75) is 84.9 Å². The molecule has 0 fully saturated rings. The quantitative estimate of drug-likeness (QED) is 0.341. The van der Waals surface area contributed by atoms with Crippen molar-refractivity contribution in [2.75, 3.05) is 20.2 Å². The van der Waals surface area contributed by atoms with Gasteiger partial charge in [0.05, 0.1) is 7.11 Å². The molecule has 196 valence electrons. The number of hydrogen-bond acceptors (Lipinski definition) is 6. The third-order valence-electron chi connectivity index (χ3n) is 5.19. The number of esters is 1. The van der Waals surface area contributed by atoms with Gasteiger partial charge in [0.15, 0.2) is 0 Å². The van der Waals surface area contributed by atoms with Crippen LogP contribution in [0.1, 0.15) is 77.5 Å². The van der Waals surface area contributed by atoms with E-state index in [9.17, 15) is 19.2 Å². The van der Waals surface area contributed by atoms with Crippen LogP contribution in [0.2, 0.25) is 0 Å². The summed E-state index contributed by atoms with van der Waals surface area (Å²) >= 11 is 0. The SMILES string of the molecule is CCCCCCN(C(=O)C(C)NC(=O)OC(C)(C)C)C(C(=O)NCC(=O)OC)c1cccc(C)c1. The lowest BCUT2D eigenvalue weighted by atomic mass is 10.0. The number of nitrogens with one attached hydrogen (secondary N) is 2. The number of rotatable bonds is 12. The Hall–Kier alpha value is -3.10.